The molecule has 146 valence electrons. The third-order valence-corrected chi connectivity index (χ3v) is 7.39. The summed E-state index contributed by atoms with van der Waals surface area (Å²) in [4.78, 5) is 34.1. The second-order valence-corrected chi connectivity index (χ2v) is 9.25. The van der Waals surface area contributed by atoms with Gasteiger partial charge in [0.15, 0.2) is 0 Å². The average molecular weight is 388 g/mol. The molecule has 2 aromatic heterocycles. The van der Waals surface area contributed by atoms with Gasteiger partial charge in [-0.25, -0.2) is 4.98 Å². The van der Waals surface area contributed by atoms with Crippen molar-refractivity contribution in [2.45, 2.75) is 70.8 Å². The summed E-state index contributed by atoms with van der Waals surface area (Å²) in [6.07, 6.45) is 12.8. The maximum atomic E-state index is 13.0. The number of carbonyl (C=O) groups is 1. The Hall–Kier alpha value is -1.69. The van der Waals surface area contributed by atoms with Crippen LogP contribution >= 0.6 is 11.3 Å². The summed E-state index contributed by atoms with van der Waals surface area (Å²) in [5.74, 6) is 0.769. The molecule has 0 unspecified atom stereocenters. The van der Waals surface area contributed by atoms with E-state index < -0.39 is 0 Å². The summed E-state index contributed by atoms with van der Waals surface area (Å²) in [5.41, 5.74) is 1.25. The second kappa shape index (κ2) is 8.13. The number of aryl methyl sites for hydroxylation is 3. The van der Waals surface area contributed by atoms with E-state index in [0.29, 0.717) is 18.9 Å². The van der Waals surface area contributed by atoms with Crippen LogP contribution in [0.5, 0.6) is 0 Å². The van der Waals surface area contributed by atoms with E-state index >= 15 is 0 Å². The lowest BCUT2D eigenvalue weighted by atomic mass is 9.89. The van der Waals surface area contributed by atoms with Gasteiger partial charge in [0.1, 0.15) is 4.83 Å². The number of hydrogen-bond donors (Lipinski definition) is 0. The number of rotatable bonds is 5. The van der Waals surface area contributed by atoms with Gasteiger partial charge in [-0.3, -0.25) is 14.2 Å². The van der Waals surface area contributed by atoms with Crippen molar-refractivity contribution < 1.29 is 4.79 Å². The zero-order chi connectivity index (χ0) is 18.8. The van der Waals surface area contributed by atoms with Crippen LogP contribution in [-0.4, -0.2) is 34.0 Å². The fourth-order valence-corrected chi connectivity index (χ4v) is 5.83. The maximum Gasteiger partial charge on any atom is 0.262 e. The van der Waals surface area contributed by atoms with Crippen LogP contribution in [0.15, 0.2) is 11.1 Å². The first-order valence-corrected chi connectivity index (χ1v) is 11.2. The van der Waals surface area contributed by atoms with Crippen molar-refractivity contribution in [2.24, 2.45) is 5.92 Å². The predicted octanol–water partition coefficient (Wildman–Crippen LogP) is 3.77. The zero-order valence-corrected chi connectivity index (χ0v) is 17.0. The van der Waals surface area contributed by atoms with Crippen molar-refractivity contribution in [3.8, 4) is 0 Å². The average Bonchev–Trinajstić information content (AvgIpc) is 3.07. The molecular formula is C21H29N3O2S. The summed E-state index contributed by atoms with van der Waals surface area (Å²) >= 11 is 1.67. The first-order chi connectivity index (χ1) is 13.1. The van der Waals surface area contributed by atoms with Gasteiger partial charge in [0.05, 0.1) is 11.7 Å². The zero-order valence-electron chi connectivity index (χ0n) is 16.2. The third-order valence-electron chi connectivity index (χ3n) is 6.19. The van der Waals surface area contributed by atoms with E-state index in [4.69, 9.17) is 0 Å². The van der Waals surface area contributed by atoms with Crippen LogP contribution in [0.3, 0.4) is 0 Å². The minimum Gasteiger partial charge on any atom is -0.345 e. The lowest BCUT2D eigenvalue weighted by molar-refractivity contribution is -0.130. The Morgan fingerprint density at radius 2 is 2.00 bits per heavy atom. The highest BCUT2D eigenvalue weighted by Gasteiger charge is 2.21. The summed E-state index contributed by atoms with van der Waals surface area (Å²) in [7, 11) is 1.90. The number of aromatic nitrogens is 2. The lowest BCUT2D eigenvalue weighted by Gasteiger charge is -2.27. The third kappa shape index (κ3) is 3.96. The molecule has 4 rings (SSSR count). The predicted molar refractivity (Wildman–Crippen MR) is 109 cm³/mol. The Labute approximate surface area is 164 Å². The Morgan fingerprint density at radius 1 is 1.22 bits per heavy atom. The van der Waals surface area contributed by atoms with Gasteiger partial charge < -0.3 is 4.90 Å². The van der Waals surface area contributed by atoms with Crippen molar-refractivity contribution in [2.75, 3.05) is 13.6 Å². The molecule has 27 heavy (non-hydrogen) atoms. The van der Waals surface area contributed by atoms with Gasteiger partial charge in [-0.15, -0.1) is 11.3 Å². The standard InChI is InChI=1S/C21H29N3O2S/c1-23(13-15-7-3-2-4-8-15)18(25)11-12-24-14-22-20-19(21(24)26)16-9-5-6-10-17(16)27-20/h14-15H,2-13H2,1H3. The summed E-state index contributed by atoms with van der Waals surface area (Å²) < 4.78 is 1.64. The Bertz CT molecular complexity index is 879. The van der Waals surface area contributed by atoms with E-state index in [1.807, 2.05) is 11.9 Å². The fraction of sp³-hybridized carbons (Fsp3) is 0.667. The molecule has 0 radical (unpaired) electrons. The van der Waals surface area contributed by atoms with Gasteiger partial charge >= 0.3 is 0 Å². The van der Waals surface area contributed by atoms with Gasteiger partial charge in [-0.1, -0.05) is 19.3 Å². The molecule has 2 heterocycles. The quantitative estimate of drug-likeness (QED) is 0.785. The topological polar surface area (TPSA) is 55.2 Å². The summed E-state index contributed by atoms with van der Waals surface area (Å²) in [6.45, 7) is 1.27. The van der Waals surface area contributed by atoms with Gasteiger partial charge in [0.2, 0.25) is 5.91 Å². The minimum atomic E-state index is 0.0298. The van der Waals surface area contributed by atoms with Crippen LogP contribution in [0.2, 0.25) is 0 Å². The Balaban J connectivity index is 1.43. The van der Waals surface area contributed by atoms with Gasteiger partial charge in [0.25, 0.3) is 5.56 Å². The Kier molecular flexibility index (Phi) is 5.62. The molecule has 5 nitrogen and oxygen atoms in total. The highest BCUT2D eigenvalue weighted by molar-refractivity contribution is 7.18. The van der Waals surface area contributed by atoms with E-state index in [1.54, 1.807) is 22.2 Å². The number of amides is 1. The van der Waals surface area contributed by atoms with Crippen LogP contribution in [0.4, 0.5) is 0 Å². The highest BCUT2D eigenvalue weighted by atomic mass is 32.1. The second-order valence-electron chi connectivity index (χ2n) is 8.16. The summed E-state index contributed by atoms with van der Waals surface area (Å²) in [5, 5.41) is 0.806. The van der Waals surface area contributed by atoms with Gasteiger partial charge in [0, 0.05) is 31.4 Å². The fourth-order valence-electron chi connectivity index (χ4n) is 4.61. The molecule has 0 aliphatic heterocycles. The van der Waals surface area contributed by atoms with Crippen LogP contribution in [-0.2, 0) is 24.2 Å². The Morgan fingerprint density at radius 3 is 2.81 bits per heavy atom. The number of hydrogen-bond acceptors (Lipinski definition) is 4. The highest BCUT2D eigenvalue weighted by Crippen LogP contribution is 2.33. The minimum absolute atomic E-state index is 0.0298. The van der Waals surface area contributed by atoms with Crippen molar-refractivity contribution in [1.29, 1.82) is 0 Å². The molecule has 0 saturated heterocycles. The molecule has 1 amide bonds. The number of carbonyl (C=O) groups excluding carboxylic acids is 1. The molecule has 0 spiro atoms. The van der Waals surface area contributed by atoms with Gasteiger partial charge in [-0.2, -0.15) is 0 Å². The SMILES string of the molecule is CN(CC1CCCCC1)C(=O)CCn1cnc2sc3c(c2c1=O)CCCC3. The first kappa shape index (κ1) is 18.7. The van der Waals surface area contributed by atoms with Crippen molar-refractivity contribution in [3.63, 3.8) is 0 Å². The molecule has 1 saturated carbocycles. The summed E-state index contributed by atoms with van der Waals surface area (Å²) in [6, 6.07) is 0. The van der Waals surface area contributed by atoms with E-state index in [0.717, 1.165) is 36.0 Å². The number of fused-ring (bicyclic) bond motifs is 3. The molecule has 0 bridgehead atoms. The maximum absolute atomic E-state index is 13.0. The molecular weight excluding hydrogens is 358 g/mol. The molecule has 0 N–H and O–H groups in total. The van der Waals surface area contributed by atoms with Crippen LogP contribution in [0.25, 0.3) is 10.2 Å². The normalized spacial score (nSPS) is 17.8. The lowest BCUT2D eigenvalue weighted by Crippen LogP contribution is -2.34. The molecule has 2 aromatic rings. The van der Waals surface area contributed by atoms with Crippen LogP contribution in [0.1, 0.15) is 61.8 Å². The smallest absolute Gasteiger partial charge is 0.262 e. The molecule has 6 heteroatoms. The number of thiophene rings is 1. The monoisotopic (exact) mass is 387 g/mol. The van der Waals surface area contributed by atoms with E-state index in [9.17, 15) is 9.59 Å². The molecule has 2 aliphatic rings. The van der Waals surface area contributed by atoms with Crippen molar-refractivity contribution >= 4 is 27.5 Å². The first-order valence-electron chi connectivity index (χ1n) is 10.4. The van der Waals surface area contributed by atoms with Crippen molar-refractivity contribution in [3.05, 3.63) is 27.1 Å². The molecule has 1 fully saturated rings. The van der Waals surface area contributed by atoms with E-state index in [1.165, 1.54) is 49.0 Å². The van der Waals surface area contributed by atoms with E-state index in [-0.39, 0.29) is 11.5 Å². The van der Waals surface area contributed by atoms with Crippen LogP contribution in [0, 0.1) is 5.92 Å². The molecule has 2 aliphatic carbocycles. The van der Waals surface area contributed by atoms with E-state index in [2.05, 4.69) is 4.98 Å². The largest absolute Gasteiger partial charge is 0.345 e. The molecule has 0 aromatic carbocycles. The molecule has 0 atom stereocenters. The van der Waals surface area contributed by atoms with Crippen molar-refractivity contribution in [1.82, 2.24) is 14.5 Å². The van der Waals surface area contributed by atoms with Crippen LogP contribution < -0.4 is 5.56 Å². The van der Waals surface area contributed by atoms with Gasteiger partial charge in [-0.05, 0) is 50.0 Å². The number of nitrogens with zero attached hydrogens (tertiary/aromatic N) is 3.